The standard InChI is InChI=1S/C25H40O5/c1-8-12-18(4)23(29-16-20-13-10-9-11-14-20)19(5)24(28)25(6,7)21(26)15-22(27)30-17(2)3/h8-11,13-14,17-19,21,23-24,26,28H,1,12,15-16H2,2-7H3/t18-,19+,21-,23-,24+/m0/s1. The Morgan fingerprint density at radius 2 is 1.73 bits per heavy atom. The van der Waals surface area contributed by atoms with E-state index in [0.29, 0.717) is 6.61 Å². The van der Waals surface area contributed by atoms with Crippen LogP contribution in [-0.4, -0.2) is 40.6 Å². The molecule has 0 fully saturated rings. The number of benzene rings is 1. The van der Waals surface area contributed by atoms with Crippen molar-refractivity contribution in [2.24, 2.45) is 17.3 Å². The van der Waals surface area contributed by atoms with Gasteiger partial charge >= 0.3 is 5.97 Å². The molecule has 0 heterocycles. The number of carbonyl (C=O) groups excluding carboxylic acids is 1. The Labute approximate surface area is 182 Å². The number of allylic oxidation sites excluding steroid dienone is 1. The van der Waals surface area contributed by atoms with E-state index in [1.165, 1.54) is 0 Å². The van der Waals surface area contributed by atoms with Crippen molar-refractivity contribution in [1.82, 2.24) is 0 Å². The monoisotopic (exact) mass is 420 g/mol. The van der Waals surface area contributed by atoms with Gasteiger partial charge in [-0.2, -0.15) is 0 Å². The molecule has 1 rings (SSSR count). The summed E-state index contributed by atoms with van der Waals surface area (Å²) < 4.78 is 11.4. The summed E-state index contributed by atoms with van der Waals surface area (Å²) in [7, 11) is 0. The zero-order chi connectivity index (χ0) is 22.9. The average molecular weight is 421 g/mol. The normalized spacial score (nSPS) is 17.1. The lowest BCUT2D eigenvalue weighted by molar-refractivity contribution is -0.157. The first-order valence-electron chi connectivity index (χ1n) is 10.8. The molecule has 5 nitrogen and oxygen atoms in total. The van der Waals surface area contributed by atoms with E-state index < -0.39 is 23.6 Å². The van der Waals surface area contributed by atoms with Crippen molar-refractivity contribution in [2.75, 3.05) is 0 Å². The molecule has 170 valence electrons. The molecule has 2 N–H and O–H groups in total. The predicted octanol–water partition coefficient (Wildman–Crippen LogP) is 4.51. The van der Waals surface area contributed by atoms with Gasteiger partial charge in [-0.25, -0.2) is 0 Å². The van der Waals surface area contributed by atoms with Crippen LogP contribution in [0.3, 0.4) is 0 Å². The third kappa shape index (κ3) is 7.86. The van der Waals surface area contributed by atoms with Gasteiger partial charge in [-0.3, -0.25) is 4.79 Å². The van der Waals surface area contributed by atoms with Crippen molar-refractivity contribution in [3.8, 4) is 0 Å². The van der Waals surface area contributed by atoms with Crippen molar-refractivity contribution in [3.05, 3.63) is 48.6 Å². The minimum absolute atomic E-state index is 0.134. The summed E-state index contributed by atoms with van der Waals surface area (Å²) in [4.78, 5) is 12.0. The molecule has 1 aromatic rings. The summed E-state index contributed by atoms with van der Waals surface area (Å²) in [5.41, 5.74) is 0.142. The molecule has 0 aromatic heterocycles. The number of ether oxygens (including phenoxy) is 2. The van der Waals surface area contributed by atoms with Crippen LogP contribution in [0, 0.1) is 17.3 Å². The van der Waals surface area contributed by atoms with Gasteiger partial charge in [0.25, 0.3) is 0 Å². The van der Waals surface area contributed by atoms with Gasteiger partial charge in [-0.1, -0.05) is 64.1 Å². The van der Waals surface area contributed by atoms with Crippen LogP contribution in [0.1, 0.15) is 59.9 Å². The zero-order valence-corrected chi connectivity index (χ0v) is 19.4. The molecular formula is C25H40O5. The molecule has 0 bridgehead atoms. The van der Waals surface area contributed by atoms with E-state index in [9.17, 15) is 15.0 Å². The van der Waals surface area contributed by atoms with Crippen LogP contribution in [-0.2, 0) is 20.9 Å². The van der Waals surface area contributed by atoms with Crippen LogP contribution in [0.25, 0.3) is 0 Å². The first kappa shape index (κ1) is 26.3. The summed E-state index contributed by atoms with van der Waals surface area (Å²) in [6, 6.07) is 9.90. The Balaban J connectivity index is 2.91. The number of carbonyl (C=O) groups is 1. The highest BCUT2D eigenvalue weighted by molar-refractivity contribution is 5.70. The Hall–Kier alpha value is -1.69. The minimum Gasteiger partial charge on any atom is -0.463 e. The van der Waals surface area contributed by atoms with E-state index in [2.05, 4.69) is 13.5 Å². The van der Waals surface area contributed by atoms with Crippen LogP contribution in [0.4, 0.5) is 0 Å². The molecule has 0 aliphatic heterocycles. The van der Waals surface area contributed by atoms with Gasteiger partial charge in [-0.05, 0) is 31.7 Å². The van der Waals surface area contributed by atoms with Crippen molar-refractivity contribution < 1.29 is 24.5 Å². The molecule has 5 heteroatoms. The Bertz CT molecular complexity index is 640. The summed E-state index contributed by atoms with van der Waals surface area (Å²) in [6.07, 6.45) is 0.0369. The van der Waals surface area contributed by atoms with Gasteiger partial charge in [0.2, 0.25) is 0 Å². The molecular weight excluding hydrogens is 380 g/mol. The molecule has 1 aromatic carbocycles. The third-order valence-electron chi connectivity index (χ3n) is 5.75. The van der Waals surface area contributed by atoms with Crippen LogP contribution >= 0.6 is 0 Å². The number of aliphatic hydroxyl groups is 2. The van der Waals surface area contributed by atoms with Gasteiger partial charge in [0.15, 0.2) is 0 Å². The summed E-state index contributed by atoms with van der Waals surface area (Å²) in [5.74, 6) is -0.605. The fourth-order valence-corrected chi connectivity index (χ4v) is 3.78. The van der Waals surface area contributed by atoms with E-state index >= 15 is 0 Å². The smallest absolute Gasteiger partial charge is 0.308 e. The molecule has 30 heavy (non-hydrogen) atoms. The van der Waals surface area contributed by atoms with Gasteiger partial charge in [0.05, 0.1) is 37.4 Å². The lowest BCUT2D eigenvalue weighted by Gasteiger charge is -2.42. The molecule has 0 aliphatic carbocycles. The van der Waals surface area contributed by atoms with Gasteiger partial charge < -0.3 is 19.7 Å². The first-order valence-corrected chi connectivity index (χ1v) is 10.8. The third-order valence-corrected chi connectivity index (χ3v) is 5.75. The van der Waals surface area contributed by atoms with E-state index in [1.807, 2.05) is 43.3 Å². The van der Waals surface area contributed by atoms with E-state index in [1.54, 1.807) is 27.7 Å². The highest BCUT2D eigenvalue weighted by Gasteiger charge is 2.43. The van der Waals surface area contributed by atoms with Gasteiger partial charge in [0, 0.05) is 11.3 Å². The second-order valence-corrected chi connectivity index (χ2v) is 9.15. The maximum atomic E-state index is 12.0. The van der Waals surface area contributed by atoms with Crippen molar-refractivity contribution in [3.63, 3.8) is 0 Å². The summed E-state index contributed by atoms with van der Waals surface area (Å²) >= 11 is 0. The average Bonchev–Trinajstić information content (AvgIpc) is 2.67. The van der Waals surface area contributed by atoms with Crippen molar-refractivity contribution in [1.29, 1.82) is 0 Å². The quantitative estimate of drug-likeness (QED) is 0.363. The largest absolute Gasteiger partial charge is 0.463 e. The number of esters is 1. The number of rotatable bonds is 13. The van der Waals surface area contributed by atoms with E-state index in [0.717, 1.165) is 12.0 Å². The highest BCUT2D eigenvalue weighted by Crippen LogP contribution is 2.36. The molecule has 0 amide bonds. The molecule has 5 atom stereocenters. The Kier molecular flexibility index (Phi) is 10.7. The highest BCUT2D eigenvalue weighted by atomic mass is 16.5. The molecule has 0 saturated carbocycles. The first-order chi connectivity index (χ1) is 14.0. The predicted molar refractivity (Wildman–Crippen MR) is 120 cm³/mol. The maximum absolute atomic E-state index is 12.0. The van der Waals surface area contributed by atoms with Crippen molar-refractivity contribution in [2.45, 2.75) is 85.4 Å². The Morgan fingerprint density at radius 3 is 2.27 bits per heavy atom. The Morgan fingerprint density at radius 1 is 1.13 bits per heavy atom. The minimum atomic E-state index is -1.04. The second kappa shape index (κ2) is 12.2. The number of aliphatic hydroxyl groups excluding tert-OH is 2. The lowest BCUT2D eigenvalue weighted by Crippen LogP contribution is -2.49. The molecule has 0 spiro atoms. The van der Waals surface area contributed by atoms with E-state index in [-0.39, 0.29) is 30.5 Å². The molecule has 0 aliphatic rings. The van der Waals surface area contributed by atoms with Crippen LogP contribution in [0.2, 0.25) is 0 Å². The van der Waals surface area contributed by atoms with Crippen LogP contribution < -0.4 is 0 Å². The fourth-order valence-electron chi connectivity index (χ4n) is 3.78. The summed E-state index contributed by atoms with van der Waals surface area (Å²) in [6.45, 7) is 15.3. The molecule has 0 saturated heterocycles. The van der Waals surface area contributed by atoms with Crippen molar-refractivity contribution >= 4 is 5.97 Å². The number of hydrogen-bond acceptors (Lipinski definition) is 5. The summed E-state index contributed by atoms with van der Waals surface area (Å²) in [5, 5.41) is 21.9. The van der Waals surface area contributed by atoms with Crippen LogP contribution in [0.15, 0.2) is 43.0 Å². The van der Waals surface area contributed by atoms with Gasteiger partial charge in [-0.15, -0.1) is 6.58 Å². The van der Waals surface area contributed by atoms with Crippen LogP contribution in [0.5, 0.6) is 0 Å². The lowest BCUT2D eigenvalue weighted by atomic mass is 9.71. The zero-order valence-electron chi connectivity index (χ0n) is 19.4. The second-order valence-electron chi connectivity index (χ2n) is 9.15. The molecule has 0 unspecified atom stereocenters. The topological polar surface area (TPSA) is 76.0 Å². The maximum Gasteiger partial charge on any atom is 0.308 e. The van der Waals surface area contributed by atoms with Gasteiger partial charge in [0.1, 0.15) is 0 Å². The molecule has 0 radical (unpaired) electrons. The number of hydrogen-bond donors (Lipinski definition) is 2. The van der Waals surface area contributed by atoms with E-state index in [4.69, 9.17) is 9.47 Å². The SMILES string of the molecule is C=CC[C@H](C)[C@H](OCc1ccccc1)[C@@H](C)[C@@H](O)C(C)(C)[C@@H](O)CC(=O)OC(C)C. The fraction of sp³-hybridized carbons (Fsp3) is 0.640.